The van der Waals surface area contributed by atoms with Gasteiger partial charge in [-0.25, -0.2) is 0 Å². The van der Waals surface area contributed by atoms with Crippen LogP contribution in [0.5, 0.6) is 0 Å². The van der Waals surface area contributed by atoms with E-state index in [9.17, 15) is 4.79 Å². The van der Waals surface area contributed by atoms with Crippen LogP contribution in [0.4, 0.5) is 0 Å². The van der Waals surface area contributed by atoms with Crippen molar-refractivity contribution in [3.63, 3.8) is 0 Å². The van der Waals surface area contributed by atoms with Gasteiger partial charge in [0.25, 0.3) is 0 Å². The van der Waals surface area contributed by atoms with Gasteiger partial charge in [-0.2, -0.15) is 0 Å². The zero-order valence-electron chi connectivity index (χ0n) is 15.4. The second-order valence-corrected chi connectivity index (χ2v) is 6.46. The summed E-state index contributed by atoms with van der Waals surface area (Å²) in [6, 6.07) is 17.0. The Bertz CT molecular complexity index is 784. The van der Waals surface area contributed by atoms with Crippen molar-refractivity contribution >= 4 is 23.7 Å². The minimum Gasteiger partial charge on any atom is -0.465 e. The van der Waals surface area contributed by atoms with E-state index in [4.69, 9.17) is 4.74 Å². The van der Waals surface area contributed by atoms with Crippen molar-refractivity contribution in [3.05, 3.63) is 76.9 Å². The Hall–Kier alpha value is -2.65. The number of rotatable bonds is 6. The van der Waals surface area contributed by atoms with Gasteiger partial charge in [0.15, 0.2) is 0 Å². The average molecular weight is 347 g/mol. The van der Waals surface area contributed by atoms with E-state index < -0.39 is 0 Å². The number of nitrogens with zero attached hydrogens (tertiary/aromatic N) is 1. The molecule has 3 rings (SSSR count). The predicted octanol–water partition coefficient (Wildman–Crippen LogP) is 4.49. The molecule has 0 atom stereocenters. The van der Waals surface area contributed by atoms with E-state index in [1.54, 1.807) is 0 Å². The minimum absolute atomic E-state index is 0.169. The zero-order chi connectivity index (χ0) is 18.4. The first-order chi connectivity index (χ1) is 12.7. The third kappa shape index (κ3) is 4.30. The van der Waals surface area contributed by atoms with E-state index in [0.29, 0.717) is 13.2 Å². The van der Waals surface area contributed by atoms with Crippen molar-refractivity contribution in [1.82, 2.24) is 4.90 Å². The number of benzene rings is 2. The highest BCUT2D eigenvalue weighted by Crippen LogP contribution is 2.33. The van der Waals surface area contributed by atoms with Crippen LogP contribution in [-0.2, 0) is 9.53 Å². The fourth-order valence-corrected chi connectivity index (χ4v) is 3.26. The van der Waals surface area contributed by atoms with Crippen LogP contribution >= 0.6 is 0 Å². The highest BCUT2D eigenvalue weighted by molar-refractivity contribution is 5.93. The molecule has 0 aliphatic heterocycles. The van der Waals surface area contributed by atoms with Crippen LogP contribution < -0.4 is 0 Å². The number of likely N-dealkylation sites (N-methyl/N-ethyl adjacent to an activating group) is 1. The number of carbonyl (C=O) groups excluding carboxylic acids is 1. The van der Waals surface area contributed by atoms with E-state index in [-0.39, 0.29) is 5.97 Å². The van der Waals surface area contributed by atoms with E-state index >= 15 is 0 Å². The number of esters is 1. The molecule has 0 radical (unpaired) electrons. The van der Waals surface area contributed by atoms with Crippen molar-refractivity contribution in [2.45, 2.75) is 13.3 Å². The Labute approximate surface area is 155 Å². The number of ether oxygens (including phenoxy) is 1. The summed E-state index contributed by atoms with van der Waals surface area (Å²) in [5, 5.41) is 0. The van der Waals surface area contributed by atoms with Gasteiger partial charge in [-0.3, -0.25) is 9.69 Å². The van der Waals surface area contributed by atoms with Crippen LogP contribution in [-0.4, -0.2) is 37.6 Å². The minimum atomic E-state index is -0.169. The Morgan fingerprint density at radius 2 is 1.58 bits per heavy atom. The summed E-state index contributed by atoms with van der Waals surface area (Å²) in [5.74, 6) is -0.169. The lowest BCUT2D eigenvalue weighted by Crippen LogP contribution is -2.28. The highest BCUT2D eigenvalue weighted by atomic mass is 16.5. The Kier molecular flexibility index (Phi) is 6.03. The molecule has 1 aliphatic carbocycles. The van der Waals surface area contributed by atoms with Crippen LogP contribution in [0.3, 0.4) is 0 Å². The van der Waals surface area contributed by atoms with Gasteiger partial charge in [-0.05, 0) is 48.2 Å². The first kappa shape index (κ1) is 18.2. The maximum atomic E-state index is 11.6. The largest absolute Gasteiger partial charge is 0.465 e. The summed E-state index contributed by atoms with van der Waals surface area (Å²) >= 11 is 0. The summed E-state index contributed by atoms with van der Waals surface area (Å²) in [7, 11) is 1.95. The van der Waals surface area contributed by atoms with Crippen molar-refractivity contribution in [2.75, 3.05) is 26.7 Å². The Morgan fingerprint density at radius 3 is 2.15 bits per heavy atom. The molecule has 1 aliphatic rings. The third-order valence-corrected chi connectivity index (χ3v) is 4.51. The SMILES string of the molecule is CCOC(=O)CN(C)CCC=C1c2ccccc2C=Cc2ccccc21. The molecule has 2 aromatic carbocycles. The van der Waals surface area contributed by atoms with E-state index in [1.807, 2.05) is 18.9 Å². The molecule has 0 saturated heterocycles. The molecule has 0 bridgehead atoms. The van der Waals surface area contributed by atoms with Crippen molar-refractivity contribution in [1.29, 1.82) is 0 Å². The molecule has 0 fully saturated rings. The zero-order valence-corrected chi connectivity index (χ0v) is 15.4. The summed E-state index contributed by atoms with van der Waals surface area (Å²) in [6.07, 6.45) is 7.52. The average Bonchev–Trinajstić information content (AvgIpc) is 2.79. The van der Waals surface area contributed by atoms with Crippen LogP contribution in [0.15, 0.2) is 54.6 Å². The fourth-order valence-electron chi connectivity index (χ4n) is 3.26. The molecule has 26 heavy (non-hydrogen) atoms. The number of hydrogen-bond acceptors (Lipinski definition) is 3. The van der Waals surface area contributed by atoms with Gasteiger partial charge >= 0.3 is 5.97 Å². The van der Waals surface area contributed by atoms with E-state index in [1.165, 1.54) is 27.8 Å². The van der Waals surface area contributed by atoms with Gasteiger partial charge in [0.2, 0.25) is 0 Å². The molecule has 0 spiro atoms. The molecule has 0 N–H and O–H groups in total. The normalized spacial score (nSPS) is 12.3. The number of hydrogen-bond donors (Lipinski definition) is 0. The van der Waals surface area contributed by atoms with Crippen LogP contribution in [0.2, 0.25) is 0 Å². The molecule has 134 valence electrons. The van der Waals surface area contributed by atoms with Gasteiger partial charge in [-0.15, -0.1) is 0 Å². The van der Waals surface area contributed by atoms with Gasteiger partial charge in [0.1, 0.15) is 0 Å². The van der Waals surface area contributed by atoms with Gasteiger partial charge in [0, 0.05) is 6.54 Å². The van der Waals surface area contributed by atoms with E-state index in [2.05, 4.69) is 66.8 Å². The standard InChI is InChI=1S/C23H25NO2/c1-3-26-23(25)17-24(2)16-8-13-22-20-11-6-4-9-18(20)14-15-19-10-5-7-12-21(19)22/h4-7,9-15H,3,8,16-17H2,1-2H3. The monoisotopic (exact) mass is 347 g/mol. The topological polar surface area (TPSA) is 29.5 Å². The number of fused-ring (bicyclic) bond motifs is 2. The molecule has 3 nitrogen and oxygen atoms in total. The van der Waals surface area contributed by atoms with Gasteiger partial charge < -0.3 is 4.74 Å². The van der Waals surface area contributed by atoms with Gasteiger partial charge in [0.05, 0.1) is 13.2 Å². The first-order valence-corrected chi connectivity index (χ1v) is 9.10. The molecule has 3 heteroatoms. The van der Waals surface area contributed by atoms with Crippen molar-refractivity contribution in [2.24, 2.45) is 0 Å². The highest BCUT2D eigenvalue weighted by Gasteiger charge is 2.14. The predicted molar refractivity (Wildman–Crippen MR) is 108 cm³/mol. The summed E-state index contributed by atoms with van der Waals surface area (Å²) in [5.41, 5.74) is 6.22. The molecule has 0 heterocycles. The molecule has 0 aromatic heterocycles. The van der Waals surface area contributed by atoms with Crippen molar-refractivity contribution in [3.8, 4) is 0 Å². The Morgan fingerprint density at radius 1 is 1.00 bits per heavy atom. The van der Waals surface area contributed by atoms with Gasteiger partial charge in [-0.1, -0.05) is 66.8 Å². The molecule has 0 saturated carbocycles. The molecule has 2 aromatic rings. The lowest BCUT2D eigenvalue weighted by molar-refractivity contribution is -0.144. The smallest absolute Gasteiger partial charge is 0.320 e. The molecular formula is C23H25NO2. The fraction of sp³-hybridized carbons (Fsp3) is 0.261. The van der Waals surface area contributed by atoms with Crippen LogP contribution in [0.1, 0.15) is 35.6 Å². The van der Waals surface area contributed by atoms with Crippen molar-refractivity contribution < 1.29 is 9.53 Å². The molecule has 0 amide bonds. The third-order valence-electron chi connectivity index (χ3n) is 4.51. The summed E-state index contributed by atoms with van der Waals surface area (Å²) in [4.78, 5) is 13.6. The molecule has 0 unspecified atom stereocenters. The first-order valence-electron chi connectivity index (χ1n) is 9.10. The molecular weight excluding hydrogens is 322 g/mol. The van der Waals surface area contributed by atoms with Crippen LogP contribution in [0.25, 0.3) is 17.7 Å². The second kappa shape index (κ2) is 8.63. The quantitative estimate of drug-likeness (QED) is 0.616. The summed E-state index contributed by atoms with van der Waals surface area (Å²) < 4.78 is 5.01. The second-order valence-electron chi connectivity index (χ2n) is 6.46. The summed E-state index contributed by atoms with van der Waals surface area (Å²) in [6.45, 7) is 3.39. The number of carbonyl (C=O) groups is 1. The maximum absolute atomic E-state index is 11.6. The van der Waals surface area contributed by atoms with Crippen LogP contribution in [0, 0.1) is 0 Å². The lowest BCUT2D eigenvalue weighted by Gasteiger charge is -2.16. The lowest BCUT2D eigenvalue weighted by atomic mass is 9.93. The van der Waals surface area contributed by atoms with E-state index in [0.717, 1.165) is 13.0 Å². The Balaban J connectivity index is 1.81. The maximum Gasteiger partial charge on any atom is 0.320 e.